The third-order valence-electron chi connectivity index (χ3n) is 1.82. The number of esters is 1. The largest absolute Gasteiger partial charge is 0.460 e. The Morgan fingerprint density at radius 3 is 2.27 bits per heavy atom. The molecule has 1 aliphatic rings. The zero-order valence-corrected chi connectivity index (χ0v) is 6.92. The van der Waals surface area contributed by atoms with Gasteiger partial charge in [-0.2, -0.15) is 0 Å². The van der Waals surface area contributed by atoms with Gasteiger partial charge in [-0.25, -0.2) is 9.90 Å². The van der Waals surface area contributed by atoms with E-state index in [0.717, 1.165) is 19.3 Å². The van der Waals surface area contributed by atoms with Gasteiger partial charge in [0.2, 0.25) is 0 Å². The maximum atomic E-state index is 11.0. The lowest BCUT2D eigenvalue weighted by Crippen LogP contribution is -2.36. The SMILES string of the molecule is CC(C)([O])C(=O)OC1CCC1. The molecule has 0 unspecified atom stereocenters. The molecule has 3 nitrogen and oxygen atoms in total. The van der Waals surface area contributed by atoms with Gasteiger partial charge in [-0.1, -0.05) is 0 Å². The second-order valence-corrected chi connectivity index (χ2v) is 3.47. The minimum atomic E-state index is -1.59. The highest BCUT2D eigenvalue weighted by atomic mass is 16.6. The minimum absolute atomic E-state index is 0.0238. The van der Waals surface area contributed by atoms with Crippen molar-refractivity contribution in [2.45, 2.75) is 44.8 Å². The molecular formula is C8H13O3. The lowest BCUT2D eigenvalue weighted by Gasteiger charge is -2.27. The smallest absolute Gasteiger partial charge is 0.341 e. The Balaban J connectivity index is 2.30. The van der Waals surface area contributed by atoms with Gasteiger partial charge in [0.15, 0.2) is 5.60 Å². The van der Waals surface area contributed by atoms with Gasteiger partial charge in [0.05, 0.1) is 0 Å². The second-order valence-electron chi connectivity index (χ2n) is 3.47. The summed E-state index contributed by atoms with van der Waals surface area (Å²) in [5.41, 5.74) is -1.59. The van der Waals surface area contributed by atoms with Gasteiger partial charge in [-0.05, 0) is 33.1 Å². The lowest BCUT2D eigenvalue weighted by molar-refractivity contribution is -0.177. The van der Waals surface area contributed by atoms with Crippen LogP contribution >= 0.6 is 0 Å². The van der Waals surface area contributed by atoms with Crippen LogP contribution in [-0.2, 0) is 14.6 Å². The van der Waals surface area contributed by atoms with Crippen LogP contribution in [0.3, 0.4) is 0 Å². The molecule has 1 radical (unpaired) electrons. The van der Waals surface area contributed by atoms with Crippen LogP contribution in [0.5, 0.6) is 0 Å². The van der Waals surface area contributed by atoms with Crippen molar-refractivity contribution < 1.29 is 14.6 Å². The van der Waals surface area contributed by atoms with E-state index in [9.17, 15) is 9.90 Å². The second kappa shape index (κ2) is 2.81. The van der Waals surface area contributed by atoms with Crippen LogP contribution in [-0.4, -0.2) is 17.7 Å². The Labute approximate surface area is 66.4 Å². The minimum Gasteiger partial charge on any atom is -0.460 e. The summed E-state index contributed by atoms with van der Waals surface area (Å²) in [4.78, 5) is 10.9. The quantitative estimate of drug-likeness (QED) is 0.567. The van der Waals surface area contributed by atoms with E-state index < -0.39 is 11.6 Å². The lowest BCUT2D eigenvalue weighted by atomic mass is 9.96. The molecule has 0 amide bonds. The predicted octanol–water partition coefficient (Wildman–Crippen LogP) is 1.29. The predicted molar refractivity (Wildman–Crippen MR) is 38.5 cm³/mol. The first-order chi connectivity index (χ1) is 5.00. The monoisotopic (exact) mass is 157 g/mol. The molecule has 1 rings (SSSR count). The van der Waals surface area contributed by atoms with Gasteiger partial charge < -0.3 is 4.74 Å². The molecular weight excluding hydrogens is 144 g/mol. The van der Waals surface area contributed by atoms with Crippen molar-refractivity contribution in [3.8, 4) is 0 Å². The number of ether oxygens (including phenoxy) is 1. The van der Waals surface area contributed by atoms with Crippen LogP contribution in [0.25, 0.3) is 0 Å². The number of hydrogen-bond acceptors (Lipinski definition) is 2. The third-order valence-corrected chi connectivity index (χ3v) is 1.82. The molecule has 1 aliphatic carbocycles. The van der Waals surface area contributed by atoms with Crippen molar-refractivity contribution in [1.82, 2.24) is 0 Å². The summed E-state index contributed by atoms with van der Waals surface area (Å²) in [6.45, 7) is 2.65. The maximum Gasteiger partial charge on any atom is 0.341 e. The average Bonchev–Trinajstić information content (AvgIpc) is 1.75. The summed E-state index contributed by atoms with van der Waals surface area (Å²) in [5, 5.41) is 11.0. The van der Waals surface area contributed by atoms with Crippen molar-refractivity contribution >= 4 is 5.97 Å². The number of rotatable bonds is 2. The van der Waals surface area contributed by atoms with Gasteiger partial charge in [-0.3, -0.25) is 0 Å². The summed E-state index contributed by atoms with van der Waals surface area (Å²) in [6, 6.07) is 0. The maximum absolute atomic E-state index is 11.0. The van der Waals surface area contributed by atoms with Crippen LogP contribution in [0.2, 0.25) is 0 Å². The Kier molecular flexibility index (Phi) is 2.18. The molecule has 0 N–H and O–H groups in total. The summed E-state index contributed by atoms with van der Waals surface area (Å²) >= 11 is 0. The van der Waals surface area contributed by atoms with E-state index in [-0.39, 0.29) is 6.10 Å². The summed E-state index contributed by atoms with van der Waals surface area (Å²) in [5.74, 6) is -0.623. The molecule has 0 heterocycles. The van der Waals surface area contributed by atoms with Crippen molar-refractivity contribution in [1.29, 1.82) is 0 Å². The molecule has 63 valence electrons. The molecule has 0 aliphatic heterocycles. The molecule has 0 aromatic rings. The highest BCUT2D eigenvalue weighted by molar-refractivity contribution is 5.78. The van der Waals surface area contributed by atoms with Gasteiger partial charge in [0.1, 0.15) is 6.10 Å². The molecule has 11 heavy (non-hydrogen) atoms. The zero-order chi connectivity index (χ0) is 8.48. The summed E-state index contributed by atoms with van der Waals surface area (Å²) in [6.07, 6.45) is 2.97. The number of hydrogen-bond donors (Lipinski definition) is 0. The van der Waals surface area contributed by atoms with Crippen LogP contribution in [0, 0.1) is 0 Å². The molecule has 0 bridgehead atoms. The number of carbonyl (C=O) groups is 1. The topological polar surface area (TPSA) is 46.2 Å². The molecule has 0 spiro atoms. The molecule has 1 saturated carbocycles. The van der Waals surface area contributed by atoms with E-state index in [0.29, 0.717) is 0 Å². The van der Waals surface area contributed by atoms with Crippen LogP contribution in [0.15, 0.2) is 0 Å². The Morgan fingerprint density at radius 1 is 1.45 bits per heavy atom. The highest BCUT2D eigenvalue weighted by Gasteiger charge is 2.32. The first-order valence-electron chi connectivity index (χ1n) is 3.91. The van der Waals surface area contributed by atoms with Crippen LogP contribution < -0.4 is 0 Å². The van der Waals surface area contributed by atoms with E-state index in [1.54, 1.807) is 0 Å². The molecule has 0 atom stereocenters. The van der Waals surface area contributed by atoms with Crippen molar-refractivity contribution in [2.75, 3.05) is 0 Å². The van der Waals surface area contributed by atoms with Crippen molar-refractivity contribution in [3.63, 3.8) is 0 Å². The van der Waals surface area contributed by atoms with Crippen LogP contribution in [0.4, 0.5) is 0 Å². The first-order valence-corrected chi connectivity index (χ1v) is 3.91. The molecule has 3 heteroatoms. The van der Waals surface area contributed by atoms with E-state index in [1.807, 2.05) is 0 Å². The molecule has 0 aromatic carbocycles. The number of carbonyl (C=O) groups excluding carboxylic acids is 1. The molecule has 1 fully saturated rings. The standard InChI is InChI=1S/C8H13O3/c1-8(2,10)7(9)11-6-4-3-5-6/h6H,3-5H2,1-2H3. The van der Waals surface area contributed by atoms with Crippen LogP contribution in [0.1, 0.15) is 33.1 Å². The normalized spacial score (nSPS) is 19.2. The van der Waals surface area contributed by atoms with Gasteiger partial charge in [0, 0.05) is 0 Å². The summed E-state index contributed by atoms with van der Waals surface area (Å²) < 4.78 is 4.90. The van der Waals surface area contributed by atoms with Crippen molar-refractivity contribution in [3.05, 3.63) is 0 Å². The zero-order valence-electron chi connectivity index (χ0n) is 6.92. The van der Waals surface area contributed by atoms with Crippen molar-refractivity contribution in [2.24, 2.45) is 0 Å². The van der Waals surface area contributed by atoms with E-state index >= 15 is 0 Å². The summed E-state index contributed by atoms with van der Waals surface area (Å²) in [7, 11) is 0. The Morgan fingerprint density at radius 2 is 2.00 bits per heavy atom. The van der Waals surface area contributed by atoms with E-state index in [2.05, 4.69) is 0 Å². The fourth-order valence-corrected chi connectivity index (χ4v) is 0.782. The third kappa shape index (κ3) is 2.19. The fraction of sp³-hybridized carbons (Fsp3) is 0.875. The Bertz CT molecular complexity index is 153. The van der Waals surface area contributed by atoms with E-state index in [1.165, 1.54) is 13.8 Å². The first kappa shape index (κ1) is 8.53. The van der Waals surface area contributed by atoms with Gasteiger partial charge in [-0.15, -0.1) is 0 Å². The molecule has 0 aromatic heterocycles. The van der Waals surface area contributed by atoms with Gasteiger partial charge >= 0.3 is 5.97 Å². The van der Waals surface area contributed by atoms with Gasteiger partial charge in [0.25, 0.3) is 0 Å². The average molecular weight is 157 g/mol. The van der Waals surface area contributed by atoms with E-state index in [4.69, 9.17) is 4.74 Å². The molecule has 0 saturated heterocycles. The Hall–Kier alpha value is -0.570. The fourth-order valence-electron chi connectivity index (χ4n) is 0.782. The highest BCUT2D eigenvalue weighted by Crippen LogP contribution is 2.23.